The van der Waals surface area contributed by atoms with Gasteiger partial charge in [-0.25, -0.2) is 4.98 Å². The number of benzene rings is 3. The molecule has 2 amide bonds. The first kappa shape index (κ1) is 22.8. The number of nitro groups is 1. The number of fused-ring (bicyclic) bond motifs is 1. The van der Waals surface area contributed by atoms with Crippen LogP contribution in [0.1, 0.15) is 5.56 Å². The number of nitro benzene ring substituents is 1. The molecule has 1 N–H and O–H groups in total. The lowest BCUT2D eigenvalue weighted by Crippen LogP contribution is -2.54. The van der Waals surface area contributed by atoms with E-state index in [-0.39, 0.29) is 16.4 Å². The zero-order chi connectivity index (χ0) is 24.5. The number of nitrogens with zero attached hydrogens (tertiary/aromatic N) is 3. The van der Waals surface area contributed by atoms with Crippen molar-refractivity contribution in [2.75, 3.05) is 4.90 Å². The second-order valence-corrected chi connectivity index (χ2v) is 10.0. The number of nitrogens with one attached hydrogen (secondary N) is 1. The van der Waals surface area contributed by atoms with Crippen LogP contribution in [-0.4, -0.2) is 26.8 Å². The smallest absolute Gasteiger partial charge is 0.283 e. The first-order valence-corrected chi connectivity index (χ1v) is 12.2. The number of para-hydroxylation sites is 2. The maximum atomic E-state index is 13.1. The van der Waals surface area contributed by atoms with Gasteiger partial charge in [-0.2, -0.15) is 0 Å². The highest BCUT2D eigenvalue weighted by Crippen LogP contribution is 2.39. The van der Waals surface area contributed by atoms with Crippen molar-refractivity contribution in [3.8, 4) is 0 Å². The summed E-state index contributed by atoms with van der Waals surface area (Å²) in [4.78, 5) is 43.1. The molecule has 3 aromatic carbocycles. The summed E-state index contributed by atoms with van der Waals surface area (Å²) in [6.45, 7) is 0. The Balaban J connectivity index is 1.48. The molecule has 1 aliphatic heterocycles. The minimum atomic E-state index is -0.664. The lowest BCUT2D eigenvalue weighted by atomic mass is 10.1. The fourth-order valence-electron chi connectivity index (χ4n) is 3.48. The standard InChI is InChI=1S/C24H14N4O4S3/c29-21-16(22(30)27(23(33)26-21)15-6-2-1-3-7-15)12-14-10-11-20(18(13-14)28(31)32)35-24-25-17-8-4-5-9-19(17)34-24/h1-13H,(H,26,29,33)/b16-12+. The lowest BCUT2D eigenvalue weighted by molar-refractivity contribution is -0.387. The van der Waals surface area contributed by atoms with Crippen LogP contribution >= 0.6 is 35.3 Å². The Morgan fingerprint density at radius 1 is 1.06 bits per heavy atom. The van der Waals surface area contributed by atoms with Gasteiger partial charge < -0.3 is 0 Å². The van der Waals surface area contributed by atoms with Crippen LogP contribution in [0.15, 0.2) is 87.6 Å². The Morgan fingerprint density at radius 3 is 2.54 bits per heavy atom. The molecular weight excluding hydrogens is 504 g/mol. The van der Waals surface area contributed by atoms with Crippen molar-refractivity contribution in [3.05, 3.63) is 94.0 Å². The van der Waals surface area contributed by atoms with Gasteiger partial charge in [-0.05, 0) is 54.2 Å². The summed E-state index contributed by atoms with van der Waals surface area (Å²) in [5.74, 6) is -1.27. The van der Waals surface area contributed by atoms with E-state index in [9.17, 15) is 19.7 Å². The van der Waals surface area contributed by atoms with Gasteiger partial charge in [-0.15, -0.1) is 11.3 Å². The van der Waals surface area contributed by atoms with Crippen LogP contribution in [0.3, 0.4) is 0 Å². The number of hydrogen-bond acceptors (Lipinski definition) is 8. The molecular formula is C24H14N4O4S3. The molecule has 1 fully saturated rings. The molecule has 1 saturated heterocycles. The van der Waals surface area contributed by atoms with E-state index in [4.69, 9.17) is 12.2 Å². The fraction of sp³-hybridized carbons (Fsp3) is 0. The van der Waals surface area contributed by atoms with Crippen LogP contribution in [0.25, 0.3) is 16.3 Å². The average molecular weight is 519 g/mol. The molecule has 0 saturated carbocycles. The van der Waals surface area contributed by atoms with Crippen molar-refractivity contribution in [2.45, 2.75) is 9.24 Å². The maximum absolute atomic E-state index is 13.1. The monoisotopic (exact) mass is 518 g/mol. The normalized spacial score (nSPS) is 15.0. The van der Waals surface area contributed by atoms with Crippen LogP contribution in [0.5, 0.6) is 0 Å². The third-order valence-electron chi connectivity index (χ3n) is 5.08. The van der Waals surface area contributed by atoms with Crippen LogP contribution in [-0.2, 0) is 9.59 Å². The van der Waals surface area contributed by atoms with Crippen LogP contribution in [0, 0.1) is 10.1 Å². The quantitative estimate of drug-likeness (QED) is 0.127. The van der Waals surface area contributed by atoms with E-state index in [1.165, 1.54) is 40.1 Å². The summed E-state index contributed by atoms with van der Waals surface area (Å²) in [5.41, 5.74) is 1.34. The molecule has 0 aliphatic carbocycles. The van der Waals surface area contributed by atoms with Crippen LogP contribution in [0.2, 0.25) is 0 Å². The van der Waals surface area contributed by atoms with Crippen molar-refractivity contribution >= 4 is 79.9 Å². The van der Waals surface area contributed by atoms with E-state index in [2.05, 4.69) is 10.3 Å². The van der Waals surface area contributed by atoms with Gasteiger partial charge in [0.05, 0.1) is 25.7 Å². The molecule has 1 aromatic heterocycles. The molecule has 2 heterocycles. The zero-order valence-corrected chi connectivity index (χ0v) is 20.2. The summed E-state index contributed by atoms with van der Waals surface area (Å²) in [7, 11) is 0. The third-order valence-corrected chi connectivity index (χ3v) is 7.53. The molecule has 8 nitrogen and oxygen atoms in total. The Bertz CT molecular complexity index is 1520. The van der Waals surface area contributed by atoms with Gasteiger partial charge in [0.25, 0.3) is 17.5 Å². The molecule has 0 radical (unpaired) electrons. The summed E-state index contributed by atoms with van der Waals surface area (Å²) >= 11 is 7.83. The Hall–Kier alpha value is -3.93. The molecule has 0 unspecified atom stereocenters. The maximum Gasteiger partial charge on any atom is 0.283 e. The largest absolute Gasteiger partial charge is 0.298 e. The number of thiazole rings is 1. The SMILES string of the molecule is O=C1NC(=S)N(c2ccccc2)C(=O)/C1=C/c1ccc(Sc2nc3ccccc3s2)c([N+](=O)[O-])c1. The summed E-state index contributed by atoms with van der Waals surface area (Å²) in [6.07, 6.45) is 1.33. The van der Waals surface area contributed by atoms with Crippen molar-refractivity contribution in [1.29, 1.82) is 0 Å². The molecule has 0 bridgehead atoms. The number of amides is 2. The van der Waals surface area contributed by atoms with Crippen LogP contribution in [0.4, 0.5) is 11.4 Å². The number of anilines is 1. The van der Waals surface area contributed by atoms with Gasteiger partial charge in [-0.3, -0.25) is 29.9 Å². The minimum Gasteiger partial charge on any atom is -0.298 e. The van der Waals surface area contributed by atoms with E-state index in [1.54, 1.807) is 42.5 Å². The second-order valence-electron chi connectivity index (χ2n) is 7.33. The molecule has 4 aromatic rings. The first-order valence-electron chi connectivity index (χ1n) is 10.2. The Kier molecular flexibility index (Phi) is 6.12. The number of carbonyl (C=O) groups is 2. The fourth-order valence-corrected chi connectivity index (χ4v) is 5.87. The van der Waals surface area contributed by atoms with Gasteiger partial charge in [0.2, 0.25) is 0 Å². The second kappa shape index (κ2) is 9.37. The molecule has 172 valence electrons. The van der Waals surface area contributed by atoms with E-state index >= 15 is 0 Å². The van der Waals surface area contributed by atoms with Crippen molar-refractivity contribution in [1.82, 2.24) is 10.3 Å². The van der Waals surface area contributed by atoms with Gasteiger partial charge in [0.15, 0.2) is 9.45 Å². The number of aromatic nitrogens is 1. The summed E-state index contributed by atoms with van der Waals surface area (Å²) in [6, 6.07) is 20.8. The highest BCUT2D eigenvalue weighted by Gasteiger charge is 2.34. The topological polar surface area (TPSA) is 105 Å². The Morgan fingerprint density at radius 2 is 1.80 bits per heavy atom. The van der Waals surface area contributed by atoms with Gasteiger partial charge in [0, 0.05) is 6.07 Å². The first-order chi connectivity index (χ1) is 16.9. The van der Waals surface area contributed by atoms with E-state index in [0.717, 1.165) is 10.2 Å². The molecule has 5 rings (SSSR count). The average Bonchev–Trinajstić information content (AvgIpc) is 3.25. The Labute approximate surface area is 212 Å². The highest BCUT2D eigenvalue weighted by molar-refractivity contribution is 8.01. The van der Waals surface area contributed by atoms with Crippen molar-refractivity contribution < 1.29 is 14.5 Å². The van der Waals surface area contributed by atoms with Gasteiger partial charge in [-0.1, -0.05) is 48.2 Å². The van der Waals surface area contributed by atoms with Crippen molar-refractivity contribution in [2.24, 2.45) is 0 Å². The third kappa shape index (κ3) is 4.56. The molecule has 1 aliphatic rings. The predicted molar refractivity (Wildman–Crippen MR) is 139 cm³/mol. The molecule has 35 heavy (non-hydrogen) atoms. The van der Waals surface area contributed by atoms with Crippen LogP contribution < -0.4 is 10.2 Å². The van der Waals surface area contributed by atoms with E-state index < -0.39 is 16.7 Å². The number of carbonyl (C=O) groups excluding carboxylic acids is 2. The number of thiocarbonyl (C=S) groups is 1. The zero-order valence-electron chi connectivity index (χ0n) is 17.7. The minimum absolute atomic E-state index is 0.0306. The highest BCUT2D eigenvalue weighted by atomic mass is 32.2. The van der Waals surface area contributed by atoms with E-state index in [0.29, 0.717) is 20.5 Å². The summed E-state index contributed by atoms with van der Waals surface area (Å²) < 4.78 is 1.66. The van der Waals surface area contributed by atoms with Gasteiger partial charge in [0.1, 0.15) is 5.57 Å². The molecule has 11 heteroatoms. The number of rotatable bonds is 5. The number of hydrogen-bond donors (Lipinski definition) is 1. The van der Waals surface area contributed by atoms with Crippen molar-refractivity contribution in [3.63, 3.8) is 0 Å². The molecule has 0 atom stereocenters. The van der Waals surface area contributed by atoms with E-state index in [1.807, 2.05) is 24.3 Å². The molecule has 0 spiro atoms. The van der Waals surface area contributed by atoms with Gasteiger partial charge >= 0.3 is 0 Å². The predicted octanol–water partition coefficient (Wildman–Crippen LogP) is 5.19. The summed E-state index contributed by atoms with van der Waals surface area (Å²) in [5, 5.41) is 14.3. The lowest BCUT2D eigenvalue weighted by Gasteiger charge is -2.28.